The number of hydrogen-bond acceptors (Lipinski definition) is 0. The normalized spacial score (nSPS) is 10.3. The smallest absolute Gasteiger partial charge is 0 e. The fraction of sp³-hybridized carbons (Fsp3) is 0.750. The molecule has 9 heavy (non-hydrogen) atoms. The van der Waals surface area contributed by atoms with Gasteiger partial charge in [0, 0.05) is 35.6 Å². The van der Waals surface area contributed by atoms with Crippen LogP contribution in [0.5, 0.6) is 0 Å². The molecule has 0 aromatic heterocycles. The van der Waals surface area contributed by atoms with E-state index in [2.05, 4.69) is 20.8 Å². The third-order valence-corrected chi connectivity index (χ3v) is 0.697. The summed E-state index contributed by atoms with van der Waals surface area (Å²) >= 11 is 0. The third kappa shape index (κ3) is 46.6. The summed E-state index contributed by atoms with van der Waals surface area (Å²) < 4.78 is 0. The quantitative estimate of drug-likeness (QED) is 0.630. The average molecular weight is 253 g/mol. The van der Waals surface area contributed by atoms with E-state index in [-0.39, 0.29) is 35.6 Å². The zero-order valence-electron chi connectivity index (χ0n) is 7.15. The van der Waals surface area contributed by atoms with Crippen molar-refractivity contribution in [3.63, 3.8) is 0 Å². The van der Waals surface area contributed by atoms with Crippen LogP contribution in [0.3, 0.4) is 0 Å². The summed E-state index contributed by atoms with van der Waals surface area (Å²) in [5, 5.41) is 0. The van der Waals surface area contributed by atoms with Crippen molar-refractivity contribution in [2.24, 2.45) is 5.92 Å². The maximum Gasteiger partial charge on any atom is 0 e. The zero-order chi connectivity index (χ0) is 6.99. The molecule has 55 valence electrons. The van der Waals surface area contributed by atoms with E-state index < -0.39 is 0 Å². The Morgan fingerprint density at radius 3 is 1.56 bits per heavy atom. The minimum Gasteiger partial charge on any atom is -0.341 e. The first kappa shape index (κ1) is 16.7. The van der Waals surface area contributed by atoms with Crippen molar-refractivity contribution < 1.29 is 35.6 Å². The molecule has 0 saturated heterocycles. The molecule has 0 spiro atoms. The molecule has 1 radical (unpaired) electrons. The molecule has 0 saturated carbocycles. The maximum absolute atomic E-state index is 3.76. The van der Waals surface area contributed by atoms with Crippen LogP contribution in [0.25, 0.3) is 0 Å². The van der Waals surface area contributed by atoms with E-state index in [1.165, 1.54) is 6.42 Å². The molecule has 0 aliphatic carbocycles. The van der Waals surface area contributed by atoms with Gasteiger partial charge in [-0.15, -0.1) is 0 Å². The molecule has 0 N–H and O–H groups in total. The molecule has 0 nitrogen and oxygen atoms in total. The first-order valence-electron chi connectivity index (χ1n) is 3.26. The van der Waals surface area contributed by atoms with Gasteiger partial charge in [-0.3, -0.25) is 0 Å². The first-order chi connectivity index (χ1) is 3.68. The second-order valence-corrected chi connectivity index (χ2v) is 2.09. The first-order valence-corrected chi connectivity index (χ1v) is 3.26. The molecule has 0 heterocycles. The molecule has 0 aliphatic rings. The van der Waals surface area contributed by atoms with E-state index in [1.807, 2.05) is 20.3 Å². The topological polar surface area (TPSA) is 0 Å². The van der Waals surface area contributed by atoms with Gasteiger partial charge in [0.2, 0.25) is 0 Å². The Labute approximate surface area is 88.4 Å². The van der Waals surface area contributed by atoms with E-state index in [4.69, 9.17) is 0 Å². The molecular formula is C8H18La-2. The fourth-order valence-electron chi connectivity index (χ4n) is 0. The van der Waals surface area contributed by atoms with Gasteiger partial charge in [-0.25, -0.2) is 0 Å². The monoisotopic (exact) mass is 253 g/mol. The van der Waals surface area contributed by atoms with Crippen LogP contribution in [-0.4, -0.2) is 0 Å². The summed E-state index contributed by atoms with van der Waals surface area (Å²) in [6.45, 7) is 12.0. The summed E-state index contributed by atoms with van der Waals surface area (Å²) in [6.07, 6.45) is 3.19. The van der Waals surface area contributed by atoms with Gasteiger partial charge in [0.25, 0.3) is 0 Å². The molecule has 0 aliphatic heterocycles. The predicted molar refractivity (Wildman–Crippen MR) is 40.5 cm³/mol. The Morgan fingerprint density at radius 2 is 1.56 bits per heavy atom. The van der Waals surface area contributed by atoms with Crippen LogP contribution < -0.4 is 0 Å². The Bertz CT molecular complexity index is 25.7. The summed E-state index contributed by atoms with van der Waals surface area (Å²) in [7, 11) is 0. The molecule has 1 atom stereocenters. The standard InChI is InChI=1S/C5H11.C3H7.La/c1-4-5(2)3;1-3-2;/h5H,2,4H2,1,3H3;3H,1-2H3;/q2*-1;. The van der Waals surface area contributed by atoms with Crippen molar-refractivity contribution >= 4 is 0 Å². The summed E-state index contributed by atoms with van der Waals surface area (Å²) in [5.74, 6) is 0.634. The molecule has 0 aromatic rings. The Kier molecular flexibility index (Phi) is 29.8. The van der Waals surface area contributed by atoms with Gasteiger partial charge in [-0.2, -0.15) is 19.8 Å². The van der Waals surface area contributed by atoms with Crippen molar-refractivity contribution in [3.8, 4) is 0 Å². The molecule has 0 aromatic carbocycles. The summed E-state index contributed by atoms with van der Waals surface area (Å²) in [6, 6.07) is 0. The summed E-state index contributed by atoms with van der Waals surface area (Å²) in [4.78, 5) is 0. The van der Waals surface area contributed by atoms with Crippen molar-refractivity contribution in [2.75, 3.05) is 0 Å². The van der Waals surface area contributed by atoms with Gasteiger partial charge in [-0.1, -0.05) is 20.3 Å². The van der Waals surface area contributed by atoms with Gasteiger partial charge in [0.1, 0.15) is 0 Å². The van der Waals surface area contributed by atoms with E-state index >= 15 is 0 Å². The van der Waals surface area contributed by atoms with Crippen molar-refractivity contribution in [3.05, 3.63) is 13.3 Å². The van der Waals surface area contributed by atoms with Crippen LogP contribution in [0.2, 0.25) is 0 Å². The third-order valence-electron chi connectivity index (χ3n) is 0.697. The van der Waals surface area contributed by atoms with Crippen molar-refractivity contribution in [1.82, 2.24) is 0 Å². The van der Waals surface area contributed by atoms with E-state index in [1.54, 1.807) is 0 Å². The molecular weight excluding hydrogens is 235 g/mol. The molecule has 0 bridgehead atoms. The Balaban J connectivity index is -0.0000000800. The number of rotatable bonds is 1. The molecule has 0 fully saturated rings. The minimum absolute atomic E-state index is 0. The molecule has 0 amide bonds. The predicted octanol–water partition coefficient (Wildman–Crippen LogP) is 3.10. The summed E-state index contributed by atoms with van der Waals surface area (Å²) in [5.41, 5.74) is 0. The van der Waals surface area contributed by atoms with E-state index in [9.17, 15) is 0 Å². The minimum atomic E-state index is 0. The van der Waals surface area contributed by atoms with Crippen LogP contribution in [-0.2, 0) is 0 Å². The second kappa shape index (κ2) is 16.1. The second-order valence-electron chi connectivity index (χ2n) is 2.09. The maximum atomic E-state index is 3.76. The Hall–Kier alpha value is 1.19. The van der Waals surface area contributed by atoms with E-state index in [0.29, 0.717) is 5.92 Å². The van der Waals surface area contributed by atoms with Crippen LogP contribution in [0.1, 0.15) is 34.1 Å². The average Bonchev–Trinajstić information content (AvgIpc) is 1.69. The largest absolute Gasteiger partial charge is 0.341 e. The van der Waals surface area contributed by atoms with Gasteiger partial charge >= 0.3 is 0 Å². The van der Waals surface area contributed by atoms with Gasteiger partial charge in [0.15, 0.2) is 0 Å². The van der Waals surface area contributed by atoms with Crippen LogP contribution >= 0.6 is 0 Å². The SMILES string of the molecule is C[CH-]C.[CH2-]C(C)CC.[La]. The van der Waals surface area contributed by atoms with Crippen LogP contribution in [0.15, 0.2) is 0 Å². The van der Waals surface area contributed by atoms with Crippen molar-refractivity contribution in [2.45, 2.75) is 34.1 Å². The van der Waals surface area contributed by atoms with Crippen molar-refractivity contribution in [1.29, 1.82) is 0 Å². The van der Waals surface area contributed by atoms with Gasteiger partial charge in [0.05, 0.1) is 0 Å². The van der Waals surface area contributed by atoms with E-state index in [0.717, 1.165) is 0 Å². The Morgan fingerprint density at radius 1 is 1.44 bits per heavy atom. The van der Waals surface area contributed by atoms with Gasteiger partial charge in [-0.05, 0) is 0 Å². The fourth-order valence-corrected chi connectivity index (χ4v) is 0. The molecule has 1 heteroatoms. The number of hydrogen-bond donors (Lipinski definition) is 0. The zero-order valence-corrected chi connectivity index (χ0v) is 10.8. The molecule has 1 unspecified atom stereocenters. The van der Waals surface area contributed by atoms with Gasteiger partial charge < -0.3 is 13.3 Å². The van der Waals surface area contributed by atoms with Crippen LogP contribution in [0, 0.1) is 54.9 Å². The van der Waals surface area contributed by atoms with Crippen LogP contribution in [0.4, 0.5) is 0 Å². The molecule has 0 rings (SSSR count).